The fraction of sp³-hybridized carbons (Fsp3) is 0.467. The highest BCUT2D eigenvalue weighted by atomic mass is 16.5. The molecule has 1 aromatic heterocycles. The Labute approximate surface area is 109 Å². The van der Waals surface area contributed by atoms with Gasteiger partial charge in [0.2, 0.25) is 0 Å². The van der Waals surface area contributed by atoms with Gasteiger partial charge in [0.1, 0.15) is 5.75 Å². The second-order valence-corrected chi connectivity index (χ2v) is 4.98. The lowest BCUT2D eigenvalue weighted by Gasteiger charge is -2.09. The zero-order valence-corrected chi connectivity index (χ0v) is 11.8. The fourth-order valence-electron chi connectivity index (χ4n) is 2.32. The normalized spacial score (nSPS) is 13.2. The minimum atomic E-state index is 0.333. The maximum Gasteiger partial charge on any atom is 0.119 e. The van der Waals surface area contributed by atoms with E-state index in [9.17, 15) is 0 Å². The zero-order valence-electron chi connectivity index (χ0n) is 11.8. The minimum absolute atomic E-state index is 0.333. The molecule has 1 N–H and O–H groups in total. The SMILES string of the molecule is CNC(C)c1cn(C(C)C)c2ccc(OC)cc12. The number of aromatic nitrogens is 1. The Kier molecular flexibility index (Phi) is 3.62. The molecule has 0 saturated heterocycles. The summed E-state index contributed by atoms with van der Waals surface area (Å²) >= 11 is 0. The maximum absolute atomic E-state index is 5.33. The molecule has 0 aliphatic rings. The molecule has 0 radical (unpaired) electrons. The van der Waals surface area contributed by atoms with Crippen LogP contribution in [0.1, 0.15) is 38.4 Å². The summed E-state index contributed by atoms with van der Waals surface area (Å²) in [5, 5.41) is 4.58. The van der Waals surface area contributed by atoms with Crippen LogP contribution in [0.2, 0.25) is 0 Å². The molecule has 1 aromatic carbocycles. The third-order valence-electron chi connectivity index (χ3n) is 3.53. The van der Waals surface area contributed by atoms with Crippen molar-refractivity contribution in [2.24, 2.45) is 0 Å². The van der Waals surface area contributed by atoms with Crippen LogP contribution in [-0.4, -0.2) is 18.7 Å². The van der Waals surface area contributed by atoms with Crippen LogP contribution >= 0.6 is 0 Å². The van der Waals surface area contributed by atoms with Crippen molar-refractivity contribution in [3.8, 4) is 5.75 Å². The van der Waals surface area contributed by atoms with E-state index in [1.165, 1.54) is 16.5 Å². The Hall–Kier alpha value is -1.48. The number of hydrogen-bond donors (Lipinski definition) is 1. The summed E-state index contributed by atoms with van der Waals surface area (Å²) in [6.07, 6.45) is 2.25. The van der Waals surface area contributed by atoms with E-state index >= 15 is 0 Å². The summed E-state index contributed by atoms with van der Waals surface area (Å²) in [4.78, 5) is 0. The molecular weight excluding hydrogens is 224 g/mol. The first-order valence-electron chi connectivity index (χ1n) is 6.44. The average molecular weight is 246 g/mol. The fourth-order valence-corrected chi connectivity index (χ4v) is 2.32. The smallest absolute Gasteiger partial charge is 0.119 e. The van der Waals surface area contributed by atoms with E-state index in [1.807, 2.05) is 13.1 Å². The van der Waals surface area contributed by atoms with E-state index in [1.54, 1.807) is 7.11 Å². The van der Waals surface area contributed by atoms with Crippen molar-refractivity contribution in [1.82, 2.24) is 9.88 Å². The number of ether oxygens (including phenoxy) is 1. The molecule has 3 heteroatoms. The van der Waals surface area contributed by atoms with Crippen LogP contribution in [0.25, 0.3) is 10.9 Å². The van der Waals surface area contributed by atoms with Crippen LogP contribution in [0.15, 0.2) is 24.4 Å². The van der Waals surface area contributed by atoms with E-state index < -0.39 is 0 Å². The molecule has 0 saturated carbocycles. The van der Waals surface area contributed by atoms with Crippen LogP contribution in [0.4, 0.5) is 0 Å². The Morgan fingerprint density at radius 2 is 1.94 bits per heavy atom. The Morgan fingerprint density at radius 1 is 1.22 bits per heavy atom. The van der Waals surface area contributed by atoms with Gasteiger partial charge in [-0.1, -0.05) is 0 Å². The van der Waals surface area contributed by atoms with Gasteiger partial charge in [-0.05, 0) is 51.6 Å². The van der Waals surface area contributed by atoms with E-state index in [2.05, 4.69) is 49.0 Å². The van der Waals surface area contributed by atoms with E-state index in [0.29, 0.717) is 12.1 Å². The van der Waals surface area contributed by atoms with Gasteiger partial charge in [0.25, 0.3) is 0 Å². The molecule has 3 nitrogen and oxygen atoms in total. The van der Waals surface area contributed by atoms with Crippen LogP contribution in [0, 0.1) is 0 Å². The van der Waals surface area contributed by atoms with Gasteiger partial charge in [0.15, 0.2) is 0 Å². The molecule has 1 heterocycles. The first-order valence-corrected chi connectivity index (χ1v) is 6.44. The highest BCUT2D eigenvalue weighted by Crippen LogP contribution is 2.31. The third-order valence-corrected chi connectivity index (χ3v) is 3.53. The van der Waals surface area contributed by atoms with Crippen LogP contribution < -0.4 is 10.1 Å². The monoisotopic (exact) mass is 246 g/mol. The first-order chi connectivity index (χ1) is 8.58. The molecule has 2 rings (SSSR count). The molecule has 18 heavy (non-hydrogen) atoms. The molecular formula is C15H22N2O. The highest BCUT2D eigenvalue weighted by molar-refractivity contribution is 5.86. The van der Waals surface area contributed by atoms with Gasteiger partial charge in [-0.25, -0.2) is 0 Å². The van der Waals surface area contributed by atoms with Crippen LogP contribution in [0.3, 0.4) is 0 Å². The molecule has 98 valence electrons. The van der Waals surface area contributed by atoms with Crippen molar-refractivity contribution in [3.05, 3.63) is 30.0 Å². The van der Waals surface area contributed by atoms with Gasteiger partial charge >= 0.3 is 0 Å². The van der Waals surface area contributed by atoms with Gasteiger partial charge in [0, 0.05) is 29.2 Å². The largest absolute Gasteiger partial charge is 0.497 e. The van der Waals surface area contributed by atoms with Gasteiger partial charge in [0.05, 0.1) is 7.11 Å². The summed E-state index contributed by atoms with van der Waals surface area (Å²) < 4.78 is 7.65. The lowest BCUT2D eigenvalue weighted by atomic mass is 10.1. The molecule has 0 amide bonds. The molecule has 1 unspecified atom stereocenters. The Bertz CT molecular complexity index is 543. The summed E-state index contributed by atoms with van der Waals surface area (Å²) in [7, 11) is 3.70. The van der Waals surface area contributed by atoms with Crippen LogP contribution in [-0.2, 0) is 0 Å². The number of nitrogens with zero attached hydrogens (tertiary/aromatic N) is 1. The molecule has 0 aliphatic carbocycles. The lowest BCUT2D eigenvalue weighted by Crippen LogP contribution is -2.11. The molecule has 1 atom stereocenters. The summed E-state index contributed by atoms with van der Waals surface area (Å²) in [6.45, 7) is 6.59. The topological polar surface area (TPSA) is 26.2 Å². The number of hydrogen-bond acceptors (Lipinski definition) is 2. The van der Waals surface area contributed by atoms with E-state index in [4.69, 9.17) is 4.74 Å². The van der Waals surface area contributed by atoms with E-state index in [-0.39, 0.29) is 0 Å². The standard InChI is InChI=1S/C15H22N2O/c1-10(2)17-9-14(11(3)16-4)13-8-12(18-5)6-7-15(13)17/h6-11,16H,1-5H3. The van der Waals surface area contributed by atoms with Crippen molar-refractivity contribution in [3.63, 3.8) is 0 Å². The third kappa shape index (κ3) is 2.10. The number of benzene rings is 1. The van der Waals surface area contributed by atoms with Gasteiger partial charge in [-0.3, -0.25) is 0 Å². The second-order valence-electron chi connectivity index (χ2n) is 4.98. The lowest BCUT2D eigenvalue weighted by molar-refractivity contribution is 0.415. The number of nitrogens with one attached hydrogen (secondary N) is 1. The van der Waals surface area contributed by atoms with Gasteiger partial charge in [-0.15, -0.1) is 0 Å². The van der Waals surface area contributed by atoms with Crippen molar-refractivity contribution in [2.45, 2.75) is 32.9 Å². The number of methoxy groups -OCH3 is 1. The van der Waals surface area contributed by atoms with Crippen LogP contribution in [0.5, 0.6) is 5.75 Å². The van der Waals surface area contributed by atoms with Gasteiger partial charge < -0.3 is 14.6 Å². The van der Waals surface area contributed by atoms with Crippen molar-refractivity contribution in [1.29, 1.82) is 0 Å². The summed E-state index contributed by atoms with van der Waals surface area (Å²) in [6, 6.07) is 7.07. The maximum atomic E-state index is 5.33. The molecule has 0 spiro atoms. The highest BCUT2D eigenvalue weighted by Gasteiger charge is 2.15. The van der Waals surface area contributed by atoms with Gasteiger partial charge in [-0.2, -0.15) is 0 Å². The number of fused-ring (bicyclic) bond motifs is 1. The van der Waals surface area contributed by atoms with Crippen molar-refractivity contribution >= 4 is 10.9 Å². The number of rotatable bonds is 4. The first kappa shape index (κ1) is 13.0. The zero-order chi connectivity index (χ0) is 13.3. The summed E-state index contributed by atoms with van der Waals surface area (Å²) in [5.74, 6) is 0.911. The van der Waals surface area contributed by atoms with Crippen molar-refractivity contribution < 1.29 is 4.74 Å². The van der Waals surface area contributed by atoms with Crippen molar-refractivity contribution in [2.75, 3.05) is 14.2 Å². The van der Waals surface area contributed by atoms with E-state index in [0.717, 1.165) is 5.75 Å². The Balaban J connectivity index is 2.68. The molecule has 0 fully saturated rings. The quantitative estimate of drug-likeness (QED) is 0.893. The Morgan fingerprint density at radius 3 is 2.50 bits per heavy atom. The predicted octanol–water partition coefficient (Wildman–Crippen LogP) is 3.51. The molecule has 0 aliphatic heterocycles. The summed E-state index contributed by atoms with van der Waals surface area (Å²) in [5.41, 5.74) is 2.59. The predicted molar refractivity (Wildman–Crippen MR) is 76.3 cm³/mol. The molecule has 0 bridgehead atoms. The minimum Gasteiger partial charge on any atom is -0.497 e. The second kappa shape index (κ2) is 5.02. The average Bonchev–Trinajstić information content (AvgIpc) is 2.76. The molecule has 2 aromatic rings.